The molecule has 2 aromatic heterocycles. The van der Waals surface area contributed by atoms with E-state index in [2.05, 4.69) is 20.3 Å². The van der Waals surface area contributed by atoms with Crippen molar-refractivity contribution in [3.05, 3.63) is 47.7 Å². The molecule has 0 amide bonds. The Hall–Kier alpha value is -2.61. The second-order valence-corrected chi connectivity index (χ2v) is 5.60. The van der Waals surface area contributed by atoms with E-state index in [1.807, 2.05) is 0 Å². The second-order valence-electron chi connectivity index (χ2n) is 5.60. The van der Waals surface area contributed by atoms with Crippen molar-refractivity contribution in [1.29, 1.82) is 0 Å². The SMILES string of the molecule is Fc1ccccc1-c1noc(CCc2nc(C3CCOC3)no2)n1. The normalized spacial score (nSPS) is 17.5. The summed E-state index contributed by atoms with van der Waals surface area (Å²) in [6.45, 7) is 1.37. The van der Waals surface area contributed by atoms with Gasteiger partial charge in [0.05, 0.1) is 12.2 Å². The highest BCUT2D eigenvalue weighted by Crippen LogP contribution is 2.23. The van der Waals surface area contributed by atoms with Gasteiger partial charge in [-0.1, -0.05) is 22.4 Å². The maximum atomic E-state index is 13.7. The first-order valence-corrected chi connectivity index (χ1v) is 7.77. The monoisotopic (exact) mass is 330 g/mol. The Balaban J connectivity index is 1.41. The lowest BCUT2D eigenvalue weighted by Gasteiger charge is -1.97. The van der Waals surface area contributed by atoms with E-state index in [0.29, 0.717) is 42.6 Å². The number of rotatable bonds is 5. The molecule has 8 heteroatoms. The molecule has 7 nitrogen and oxygen atoms in total. The van der Waals surface area contributed by atoms with Crippen LogP contribution in [0.5, 0.6) is 0 Å². The van der Waals surface area contributed by atoms with Gasteiger partial charge in [-0.3, -0.25) is 0 Å². The number of nitrogens with zero attached hydrogens (tertiary/aromatic N) is 4. The molecule has 0 bridgehead atoms. The Morgan fingerprint density at radius 1 is 1.04 bits per heavy atom. The number of aromatic nitrogens is 4. The van der Waals surface area contributed by atoms with Crippen LogP contribution in [0.3, 0.4) is 0 Å². The Bertz CT molecular complexity index is 826. The molecule has 1 atom stereocenters. The van der Waals surface area contributed by atoms with E-state index < -0.39 is 0 Å². The molecule has 1 saturated heterocycles. The van der Waals surface area contributed by atoms with E-state index in [0.717, 1.165) is 13.0 Å². The second kappa shape index (κ2) is 6.48. The van der Waals surface area contributed by atoms with E-state index in [4.69, 9.17) is 13.8 Å². The van der Waals surface area contributed by atoms with Crippen molar-refractivity contribution in [2.75, 3.05) is 13.2 Å². The zero-order valence-corrected chi connectivity index (χ0v) is 12.8. The lowest BCUT2D eigenvalue weighted by atomic mass is 10.1. The molecule has 0 radical (unpaired) electrons. The summed E-state index contributed by atoms with van der Waals surface area (Å²) >= 11 is 0. The molecule has 1 aromatic carbocycles. The van der Waals surface area contributed by atoms with E-state index in [1.165, 1.54) is 6.07 Å². The van der Waals surface area contributed by atoms with Crippen LogP contribution < -0.4 is 0 Å². The molecule has 3 heterocycles. The first-order chi connectivity index (χ1) is 11.8. The molecule has 3 aromatic rings. The molecule has 1 fully saturated rings. The molecule has 0 spiro atoms. The molecule has 1 aliphatic rings. The van der Waals surface area contributed by atoms with Crippen LogP contribution in [0, 0.1) is 5.82 Å². The van der Waals surface area contributed by atoms with Crippen LogP contribution in [0.25, 0.3) is 11.4 Å². The lowest BCUT2D eigenvalue weighted by molar-refractivity contribution is 0.192. The number of hydrogen-bond acceptors (Lipinski definition) is 7. The maximum absolute atomic E-state index is 13.7. The van der Waals surface area contributed by atoms with Crippen LogP contribution in [0.1, 0.15) is 29.9 Å². The summed E-state index contributed by atoms with van der Waals surface area (Å²) in [5, 5.41) is 7.81. The Kier molecular flexibility index (Phi) is 4.04. The van der Waals surface area contributed by atoms with E-state index in [-0.39, 0.29) is 17.6 Å². The smallest absolute Gasteiger partial charge is 0.227 e. The fourth-order valence-electron chi connectivity index (χ4n) is 2.60. The first-order valence-electron chi connectivity index (χ1n) is 7.77. The standard InChI is InChI=1S/C16H15FN4O3/c17-12-4-2-1-3-11(12)16-19-14(24-21-16)6-5-13-18-15(20-23-13)10-7-8-22-9-10/h1-4,10H,5-9H2. The van der Waals surface area contributed by atoms with Crippen molar-refractivity contribution in [1.82, 2.24) is 20.3 Å². The number of halogens is 1. The molecule has 0 aliphatic carbocycles. The van der Waals surface area contributed by atoms with Gasteiger partial charge in [0.1, 0.15) is 5.82 Å². The van der Waals surface area contributed by atoms with Gasteiger partial charge in [-0.25, -0.2) is 4.39 Å². The van der Waals surface area contributed by atoms with Gasteiger partial charge in [0.2, 0.25) is 17.6 Å². The largest absolute Gasteiger partial charge is 0.381 e. The summed E-state index contributed by atoms with van der Waals surface area (Å²) in [5.41, 5.74) is 0.314. The minimum atomic E-state index is -0.384. The minimum Gasteiger partial charge on any atom is -0.381 e. The fourth-order valence-corrected chi connectivity index (χ4v) is 2.60. The summed E-state index contributed by atoms with van der Waals surface area (Å²) in [4.78, 5) is 8.59. The van der Waals surface area contributed by atoms with E-state index >= 15 is 0 Å². The summed E-state index contributed by atoms with van der Waals surface area (Å²) in [7, 11) is 0. The predicted octanol–water partition coefficient (Wildman–Crippen LogP) is 2.55. The van der Waals surface area contributed by atoms with Crippen molar-refractivity contribution >= 4 is 0 Å². The Morgan fingerprint density at radius 3 is 2.62 bits per heavy atom. The molecule has 0 saturated carbocycles. The minimum absolute atomic E-state index is 0.207. The number of aryl methyl sites for hydroxylation is 2. The molecule has 1 aliphatic heterocycles. The molecular weight excluding hydrogens is 315 g/mol. The third-order valence-electron chi connectivity index (χ3n) is 3.91. The van der Waals surface area contributed by atoms with Crippen molar-refractivity contribution in [3.63, 3.8) is 0 Å². The highest BCUT2D eigenvalue weighted by Gasteiger charge is 2.23. The Morgan fingerprint density at radius 2 is 1.83 bits per heavy atom. The number of ether oxygens (including phenoxy) is 1. The molecule has 124 valence electrons. The quantitative estimate of drug-likeness (QED) is 0.710. The molecule has 0 N–H and O–H groups in total. The van der Waals surface area contributed by atoms with E-state index in [1.54, 1.807) is 18.2 Å². The maximum Gasteiger partial charge on any atom is 0.227 e. The molecule has 4 rings (SSSR count). The summed E-state index contributed by atoms with van der Waals surface area (Å²) < 4.78 is 29.4. The molecular formula is C16H15FN4O3. The van der Waals surface area contributed by atoms with Crippen molar-refractivity contribution in [3.8, 4) is 11.4 Å². The van der Waals surface area contributed by atoms with Gasteiger partial charge in [-0.05, 0) is 18.6 Å². The van der Waals surface area contributed by atoms with Gasteiger partial charge < -0.3 is 13.8 Å². The van der Waals surface area contributed by atoms with Crippen LogP contribution in [0.2, 0.25) is 0 Å². The fraction of sp³-hybridized carbons (Fsp3) is 0.375. The highest BCUT2D eigenvalue weighted by atomic mass is 19.1. The van der Waals surface area contributed by atoms with Gasteiger partial charge in [-0.15, -0.1) is 0 Å². The zero-order chi connectivity index (χ0) is 16.4. The van der Waals surface area contributed by atoms with Crippen LogP contribution in [0.4, 0.5) is 4.39 Å². The molecule has 1 unspecified atom stereocenters. The van der Waals surface area contributed by atoms with Gasteiger partial charge in [-0.2, -0.15) is 9.97 Å². The topological polar surface area (TPSA) is 87.1 Å². The van der Waals surface area contributed by atoms with Gasteiger partial charge in [0.15, 0.2) is 5.82 Å². The average molecular weight is 330 g/mol. The zero-order valence-electron chi connectivity index (χ0n) is 12.8. The third kappa shape index (κ3) is 3.05. The van der Waals surface area contributed by atoms with Gasteiger partial charge in [0.25, 0.3) is 0 Å². The summed E-state index contributed by atoms with van der Waals surface area (Å²) in [5.74, 6) is 1.65. The number of hydrogen-bond donors (Lipinski definition) is 0. The summed E-state index contributed by atoms with van der Waals surface area (Å²) in [6.07, 6.45) is 1.85. The van der Waals surface area contributed by atoms with Gasteiger partial charge >= 0.3 is 0 Å². The Labute approximate surface area is 136 Å². The predicted molar refractivity (Wildman–Crippen MR) is 79.6 cm³/mol. The molecule has 24 heavy (non-hydrogen) atoms. The van der Waals surface area contributed by atoms with E-state index in [9.17, 15) is 4.39 Å². The third-order valence-corrected chi connectivity index (χ3v) is 3.91. The van der Waals surface area contributed by atoms with Crippen LogP contribution in [0.15, 0.2) is 33.3 Å². The highest BCUT2D eigenvalue weighted by molar-refractivity contribution is 5.54. The number of benzene rings is 1. The van der Waals surface area contributed by atoms with Crippen LogP contribution in [-0.4, -0.2) is 33.5 Å². The van der Waals surface area contributed by atoms with Crippen LogP contribution >= 0.6 is 0 Å². The van der Waals surface area contributed by atoms with Crippen molar-refractivity contribution in [2.45, 2.75) is 25.2 Å². The van der Waals surface area contributed by atoms with Gasteiger partial charge in [0, 0.05) is 25.4 Å². The van der Waals surface area contributed by atoms with Crippen molar-refractivity contribution in [2.24, 2.45) is 0 Å². The lowest BCUT2D eigenvalue weighted by Crippen LogP contribution is -2.00. The first kappa shape index (κ1) is 14.9. The summed E-state index contributed by atoms with van der Waals surface area (Å²) in [6, 6.07) is 6.31. The van der Waals surface area contributed by atoms with Crippen molar-refractivity contribution < 1.29 is 18.2 Å². The average Bonchev–Trinajstić information content (AvgIpc) is 3.34. The van der Waals surface area contributed by atoms with Crippen LogP contribution in [-0.2, 0) is 17.6 Å².